The van der Waals surface area contributed by atoms with Crippen molar-refractivity contribution in [3.05, 3.63) is 36.2 Å². The van der Waals surface area contributed by atoms with Crippen LogP contribution in [0.25, 0.3) is 11.5 Å². The molecule has 0 amide bonds. The summed E-state index contributed by atoms with van der Waals surface area (Å²) < 4.78 is 5.15. The predicted octanol–water partition coefficient (Wildman–Crippen LogP) is 1.46. The Morgan fingerprint density at radius 2 is 2.36 bits per heavy atom. The van der Waals surface area contributed by atoms with Crippen LogP contribution in [0.1, 0.15) is 5.56 Å². The standard InChI is InChI=1S/C10H11N3O/c1-11-6-8-7-13-14-10(8)9-4-2-3-5-12-9/h2-5,7,11H,6H2,1H3. The molecule has 2 rings (SSSR count). The highest BCUT2D eigenvalue weighted by Crippen LogP contribution is 2.20. The lowest BCUT2D eigenvalue weighted by atomic mass is 10.2. The van der Waals surface area contributed by atoms with Crippen LogP contribution in [0, 0.1) is 0 Å². The largest absolute Gasteiger partial charge is 0.354 e. The van der Waals surface area contributed by atoms with E-state index >= 15 is 0 Å². The molecule has 0 aromatic carbocycles. The third-order valence-corrected chi connectivity index (χ3v) is 1.91. The highest BCUT2D eigenvalue weighted by Gasteiger charge is 2.09. The Kier molecular flexibility index (Phi) is 2.55. The molecule has 0 fully saturated rings. The van der Waals surface area contributed by atoms with Crippen molar-refractivity contribution >= 4 is 0 Å². The molecule has 4 nitrogen and oxygen atoms in total. The number of pyridine rings is 1. The summed E-state index contributed by atoms with van der Waals surface area (Å²) in [5, 5.41) is 6.81. The topological polar surface area (TPSA) is 51.0 Å². The summed E-state index contributed by atoms with van der Waals surface area (Å²) >= 11 is 0. The minimum absolute atomic E-state index is 0.732. The number of nitrogens with one attached hydrogen (secondary N) is 1. The zero-order valence-electron chi connectivity index (χ0n) is 7.90. The summed E-state index contributed by atoms with van der Waals surface area (Å²) in [6.45, 7) is 0.732. The molecule has 2 aromatic rings. The van der Waals surface area contributed by atoms with E-state index in [0.29, 0.717) is 0 Å². The van der Waals surface area contributed by atoms with Gasteiger partial charge in [-0.05, 0) is 19.2 Å². The minimum Gasteiger partial charge on any atom is -0.354 e. The highest BCUT2D eigenvalue weighted by molar-refractivity contribution is 5.55. The van der Waals surface area contributed by atoms with Gasteiger partial charge in [-0.2, -0.15) is 0 Å². The first kappa shape index (κ1) is 8.90. The molecular formula is C10H11N3O. The third kappa shape index (κ3) is 1.65. The van der Waals surface area contributed by atoms with Gasteiger partial charge in [0.25, 0.3) is 0 Å². The maximum Gasteiger partial charge on any atom is 0.189 e. The van der Waals surface area contributed by atoms with Crippen molar-refractivity contribution in [3.63, 3.8) is 0 Å². The molecule has 4 heteroatoms. The fourth-order valence-electron chi connectivity index (χ4n) is 1.28. The minimum atomic E-state index is 0.732. The Bertz CT molecular complexity index is 397. The van der Waals surface area contributed by atoms with E-state index in [9.17, 15) is 0 Å². The van der Waals surface area contributed by atoms with Crippen LogP contribution in [0.15, 0.2) is 35.1 Å². The van der Waals surface area contributed by atoms with Crippen molar-refractivity contribution in [1.82, 2.24) is 15.5 Å². The number of nitrogens with zero attached hydrogens (tertiary/aromatic N) is 2. The normalized spacial score (nSPS) is 10.4. The lowest BCUT2D eigenvalue weighted by molar-refractivity contribution is 0.430. The van der Waals surface area contributed by atoms with E-state index in [4.69, 9.17) is 4.52 Å². The number of aromatic nitrogens is 2. The van der Waals surface area contributed by atoms with Crippen LogP contribution in [0.3, 0.4) is 0 Å². The molecule has 14 heavy (non-hydrogen) atoms. The lowest BCUT2D eigenvalue weighted by Crippen LogP contribution is -2.05. The molecule has 0 aliphatic rings. The molecule has 0 atom stereocenters. The maximum absolute atomic E-state index is 5.15. The summed E-state index contributed by atoms with van der Waals surface area (Å²) in [6.07, 6.45) is 3.45. The van der Waals surface area contributed by atoms with Gasteiger partial charge in [0.15, 0.2) is 5.76 Å². The number of rotatable bonds is 3. The Hall–Kier alpha value is -1.68. The first-order valence-electron chi connectivity index (χ1n) is 4.41. The van der Waals surface area contributed by atoms with E-state index in [1.165, 1.54) is 0 Å². The average Bonchev–Trinajstić information content (AvgIpc) is 2.68. The highest BCUT2D eigenvalue weighted by atomic mass is 16.5. The lowest BCUT2D eigenvalue weighted by Gasteiger charge is -1.98. The van der Waals surface area contributed by atoms with Crippen LogP contribution < -0.4 is 5.32 Å². The summed E-state index contributed by atoms with van der Waals surface area (Å²) in [7, 11) is 1.88. The fourth-order valence-corrected chi connectivity index (χ4v) is 1.28. The van der Waals surface area contributed by atoms with E-state index < -0.39 is 0 Å². The Labute approximate surface area is 82.0 Å². The van der Waals surface area contributed by atoms with Gasteiger partial charge in [0.05, 0.1) is 6.20 Å². The molecule has 72 valence electrons. The van der Waals surface area contributed by atoms with Gasteiger partial charge in [-0.25, -0.2) is 0 Å². The van der Waals surface area contributed by atoms with E-state index in [2.05, 4.69) is 15.5 Å². The zero-order chi connectivity index (χ0) is 9.80. The van der Waals surface area contributed by atoms with Crippen molar-refractivity contribution in [2.24, 2.45) is 0 Å². The number of hydrogen-bond acceptors (Lipinski definition) is 4. The van der Waals surface area contributed by atoms with Gasteiger partial charge < -0.3 is 9.84 Å². The van der Waals surface area contributed by atoms with Crippen LogP contribution in [0.2, 0.25) is 0 Å². The van der Waals surface area contributed by atoms with Crippen molar-refractivity contribution in [1.29, 1.82) is 0 Å². The van der Waals surface area contributed by atoms with E-state index in [-0.39, 0.29) is 0 Å². The Morgan fingerprint density at radius 1 is 1.43 bits per heavy atom. The Morgan fingerprint density at radius 3 is 3.07 bits per heavy atom. The smallest absolute Gasteiger partial charge is 0.189 e. The Balaban J connectivity index is 2.37. The van der Waals surface area contributed by atoms with Gasteiger partial charge in [0, 0.05) is 18.3 Å². The fraction of sp³-hybridized carbons (Fsp3) is 0.200. The summed E-state index contributed by atoms with van der Waals surface area (Å²) in [6, 6.07) is 5.70. The summed E-state index contributed by atoms with van der Waals surface area (Å²) in [5.41, 5.74) is 1.83. The first-order valence-corrected chi connectivity index (χ1v) is 4.41. The molecule has 0 radical (unpaired) electrons. The summed E-state index contributed by atoms with van der Waals surface area (Å²) in [5.74, 6) is 0.736. The van der Waals surface area contributed by atoms with Crippen molar-refractivity contribution in [2.45, 2.75) is 6.54 Å². The van der Waals surface area contributed by atoms with Gasteiger partial charge in [-0.1, -0.05) is 11.2 Å². The molecule has 0 saturated carbocycles. The molecule has 0 unspecified atom stereocenters. The van der Waals surface area contributed by atoms with Crippen LogP contribution in [0.4, 0.5) is 0 Å². The molecule has 0 aliphatic heterocycles. The third-order valence-electron chi connectivity index (χ3n) is 1.91. The van der Waals surface area contributed by atoms with E-state index in [0.717, 1.165) is 23.6 Å². The molecular weight excluding hydrogens is 178 g/mol. The maximum atomic E-state index is 5.15. The van der Waals surface area contributed by atoms with Crippen molar-refractivity contribution in [2.75, 3.05) is 7.05 Å². The quantitative estimate of drug-likeness (QED) is 0.794. The SMILES string of the molecule is CNCc1cnoc1-c1ccccn1. The van der Waals surface area contributed by atoms with Crippen LogP contribution in [-0.2, 0) is 6.54 Å². The van der Waals surface area contributed by atoms with Gasteiger partial charge in [0.2, 0.25) is 0 Å². The molecule has 0 spiro atoms. The van der Waals surface area contributed by atoms with E-state index in [1.807, 2.05) is 25.2 Å². The van der Waals surface area contributed by atoms with Gasteiger partial charge in [-0.3, -0.25) is 4.98 Å². The zero-order valence-corrected chi connectivity index (χ0v) is 7.90. The molecule has 0 saturated heterocycles. The predicted molar refractivity (Wildman–Crippen MR) is 52.5 cm³/mol. The molecule has 0 bridgehead atoms. The number of hydrogen-bond donors (Lipinski definition) is 1. The summed E-state index contributed by atoms with van der Waals surface area (Å²) in [4.78, 5) is 4.20. The monoisotopic (exact) mass is 189 g/mol. The van der Waals surface area contributed by atoms with Gasteiger partial charge in [-0.15, -0.1) is 0 Å². The van der Waals surface area contributed by atoms with Crippen LogP contribution >= 0.6 is 0 Å². The average molecular weight is 189 g/mol. The van der Waals surface area contributed by atoms with Gasteiger partial charge >= 0.3 is 0 Å². The molecule has 1 N–H and O–H groups in total. The molecule has 0 aliphatic carbocycles. The van der Waals surface area contributed by atoms with Crippen LogP contribution in [-0.4, -0.2) is 17.2 Å². The second kappa shape index (κ2) is 4.02. The van der Waals surface area contributed by atoms with Crippen molar-refractivity contribution in [3.8, 4) is 11.5 Å². The first-order chi connectivity index (χ1) is 6.92. The van der Waals surface area contributed by atoms with E-state index in [1.54, 1.807) is 12.4 Å². The van der Waals surface area contributed by atoms with Gasteiger partial charge in [0.1, 0.15) is 5.69 Å². The second-order valence-electron chi connectivity index (χ2n) is 2.93. The van der Waals surface area contributed by atoms with Crippen molar-refractivity contribution < 1.29 is 4.52 Å². The van der Waals surface area contributed by atoms with Crippen LogP contribution in [0.5, 0.6) is 0 Å². The second-order valence-corrected chi connectivity index (χ2v) is 2.93. The molecule has 2 aromatic heterocycles. The molecule has 2 heterocycles.